The Kier molecular flexibility index (Phi) is 9.73. The molecule has 0 saturated carbocycles. The van der Waals surface area contributed by atoms with Crippen molar-refractivity contribution in [2.45, 2.75) is 18.6 Å². The number of alkyl halides is 3. The van der Waals surface area contributed by atoms with E-state index >= 15 is 0 Å². The Labute approximate surface area is 108 Å². The van der Waals surface area contributed by atoms with Gasteiger partial charge < -0.3 is 15.7 Å². The number of carboxylic acids is 1. The Morgan fingerprint density at radius 3 is 2.00 bits per heavy atom. The maximum atomic E-state index is 11.1. The lowest BCUT2D eigenvalue weighted by molar-refractivity contribution is -0.192. The fourth-order valence-corrected chi connectivity index (χ4v) is 1.19. The molecule has 0 aliphatic rings. The maximum Gasteiger partial charge on any atom is 0.490 e. The largest absolute Gasteiger partial charge is 0.490 e. The molecule has 5 nitrogen and oxygen atoms in total. The van der Waals surface area contributed by atoms with Crippen LogP contribution in [0.2, 0.25) is 0 Å². The fourth-order valence-electron chi connectivity index (χ4n) is 0.700. The van der Waals surface area contributed by atoms with Gasteiger partial charge in [-0.15, -0.1) is 0 Å². The van der Waals surface area contributed by atoms with Crippen molar-refractivity contribution in [1.29, 1.82) is 0 Å². The summed E-state index contributed by atoms with van der Waals surface area (Å²) in [4.78, 5) is 21.6. The van der Waals surface area contributed by atoms with Crippen molar-refractivity contribution in [1.82, 2.24) is 4.90 Å². The number of likely N-dealkylation sites (N-methyl/N-ethyl adjacent to an activating group) is 1. The first kappa shape index (κ1) is 19.4. The minimum absolute atomic E-state index is 0.0130. The molecule has 0 fully saturated rings. The minimum atomic E-state index is -5.08. The van der Waals surface area contributed by atoms with Crippen LogP contribution in [-0.4, -0.2) is 60.2 Å². The number of carbonyl (C=O) groups is 2. The molecule has 0 rings (SSSR count). The normalized spacial score (nSPS) is 12.2. The van der Waals surface area contributed by atoms with E-state index in [1.807, 2.05) is 6.26 Å². The van der Waals surface area contributed by atoms with Crippen LogP contribution in [0.4, 0.5) is 13.2 Å². The third kappa shape index (κ3) is 10.2. The smallest absolute Gasteiger partial charge is 0.475 e. The number of carbonyl (C=O) groups excluding carboxylic acids is 1. The molecule has 0 unspecified atom stereocenters. The highest BCUT2D eigenvalue weighted by Gasteiger charge is 2.38. The SMILES string of the molecule is CSCC[C@H](N)C(=O)N(C)C.O=C(O)C(F)(F)F. The van der Waals surface area contributed by atoms with Gasteiger partial charge in [0.1, 0.15) is 0 Å². The number of nitrogens with zero attached hydrogens (tertiary/aromatic N) is 1. The molecular formula is C9H17F3N2O3S. The molecule has 0 radical (unpaired) electrons. The van der Waals surface area contributed by atoms with Gasteiger partial charge in [-0.1, -0.05) is 0 Å². The molecule has 108 valence electrons. The molecule has 0 aromatic carbocycles. The van der Waals surface area contributed by atoms with Gasteiger partial charge in [0.15, 0.2) is 0 Å². The molecule has 1 atom stereocenters. The molecular weight excluding hydrogens is 273 g/mol. The van der Waals surface area contributed by atoms with Crippen LogP contribution in [0.15, 0.2) is 0 Å². The first-order chi connectivity index (χ1) is 8.03. The van der Waals surface area contributed by atoms with Gasteiger partial charge in [0.25, 0.3) is 0 Å². The standard InChI is InChI=1S/C7H16N2OS.C2HF3O2/c1-9(2)7(10)6(8)4-5-11-3;3-2(4,5)1(6)7/h6H,4-5,8H2,1-3H3;(H,6,7)/t6-;/m0./s1. The number of amides is 1. The summed E-state index contributed by atoms with van der Waals surface area (Å²) >= 11 is 1.71. The van der Waals surface area contributed by atoms with E-state index in [-0.39, 0.29) is 11.9 Å². The van der Waals surface area contributed by atoms with Gasteiger partial charge in [-0.25, -0.2) is 4.79 Å². The monoisotopic (exact) mass is 290 g/mol. The maximum absolute atomic E-state index is 11.1. The third-order valence-electron chi connectivity index (χ3n) is 1.63. The molecule has 0 aromatic rings. The van der Waals surface area contributed by atoms with Gasteiger partial charge in [0.05, 0.1) is 6.04 Å². The minimum Gasteiger partial charge on any atom is -0.475 e. The Hall–Kier alpha value is -0.960. The van der Waals surface area contributed by atoms with Crippen molar-refractivity contribution in [2.24, 2.45) is 5.73 Å². The molecule has 0 heterocycles. The quantitative estimate of drug-likeness (QED) is 0.799. The van der Waals surface area contributed by atoms with Crippen LogP contribution in [-0.2, 0) is 9.59 Å². The number of hydrogen-bond acceptors (Lipinski definition) is 4. The second kappa shape index (κ2) is 9.03. The van der Waals surface area contributed by atoms with Gasteiger partial charge in [0.2, 0.25) is 5.91 Å². The number of rotatable bonds is 4. The molecule has 0 aliphatic carbocycles. The van der Waals surface area contributed by atoms with Gasteiger partial charge in [-0.3, -0.25) is 4.79 Å². The molecule has 9 heteroatoms. The number of nitrogens with two attached hydrogens (primary N) is 1. The van der Waals surface area contributed by atoms with Crippen molar-refractivity contribution < 1.29 is 27.9 Å². The molecule has 0 bridgehead atoms. The van der Waals surface area contributed by atoms with Crippen LogP contribution in [0.5, 0.6) is 0 Å². The highest BCUT2D eigenvalue weighted by molar-refractivity contribution is 7.98. The summed E-state index contributed by atoms with van der Waals surface area (Å²) in [6.07, 6.45) is -2.31. The van der Waals surface area contributed by atoms with Crippen LogP contribution < -0.4 is 5.73 Å². The van der Waals surface area contributed by atoms with Gasteiger partial charge >= 0.3 is 12.1 Å². The zero-order chi connectivity index (χ0) is 14.9. The first-order valence-electron chi connectivity index (χ1n) is 4.79. The summed E-state index contributed by atoms with van der Waals surface area (Å²) in [5.41, 5.74) is 5.60. The van der Waals surface area contributed by atoms with Crippen molar-refractivity contribution in [3.63, 3.8) is 0 Å². The van der Waals surface area contributed by atoms with Crippen molar-refractivity contribution in [3.05, 3.63) is 0 Å². The van der Waals surface area contributed by atoms with E-state index in [2.05, 4.69) is 0 Å². The van der Waals surface area contributed by atoms with Gasteiger partial charge in [0, 0.05) is 14.1 Å². The van der Waals surface area contributed by atoms with Crippen LogP contribution >= 0.6 is 11.8 Å². The van der Waals surface area contributed by atoms with E-state index < -0.39 is 12.1 Å². The van der Waals surface area contributed by atoms with Crippen LogP contribution in [0.25, 0.3) is 0 Å². The summed E-state index contributed by atoms with van der Waals surface area (Å²) in [5.74, 6) is -1.80. The highest BCUT2D eigenvalue weighted by atomic mass is 32.2. The molecule has 0 saturated heterocycles. The predicted octanol–water partition coefficient (Wildman–Crippen LogP) is 0.788. The zero-order valence-corrected chi connectivity index (χ0v) is 11.1. The van der Waals surface area contributed by atoms with Crippen molar-refractivity contribution in [3.8, 4) is 0 Å². The zero-order valence-electron chi connectivity index (χ0n) is 10.3. The van der Waals surface area contributed by atoms with Crippen molar-refractivity contribution >= 4 is 23.6 Å². The highest BCUT2D eigenvalue weighted by Crippen LogP contribution is 2.13. The number of hydrogen-bond donors (Lipinski definition) is 2. The van der Waals surface area contributed by atoms with Gasteiger partial charge in [-0.05, 0) is 18.4 Å². The molecule has 0 aromatic heterocycles. The number of halogens is 3. The molecule has 18 heavy (non-hydrogen) atoms. The van der Waals surface area contributed by atoms with E-state index in [1.54, 1.807) is 25.9 Å². The summed E-state index contributed by atoms with van der Waals surface area (Å²) < 4.78 is 31.7. The lowest BCUT2D eigenvalue weighted by atomic mass is 10.2. The number of carboxylic acid groups (broad SMARTS) is 1. The number of thioether (sulfide) groups is 1. The second-order valence-electron chi connectivity index (χ2n) is 3.42. The van der Waals surface area contributed by atoms with Crippen LogP contribution in [0.1, 0.15) is 6.42 Å². The summed E-state index contributed by atoms with van der Waals surface area (Å²) in [6.45, 7) is 0. The summed E-state index contributed by atoms with van der Waals surface area (Å²) in [6, 6.07) is -0.322. The Morgan fingerprint density at radius 1 is 1.39 bits per heavy atom. The Balaban J connectivity index is 0. The van der Waals surface area contributed by atoms with E-state index in [1.165, 1.54) is 4.90 Å². The predicted molar refractivity (Wildman–Crippen MR) is 63.4 cm³/mol. The van der Waals surface area contributed by atoms with Crippen LogP contribution in [0.3, 0.4) is 0 Å². The summed E-state index contributed by atoms with van der Waals surface area (Å²) in [5, 5.41) is 7.12. The molecule has 0 aliphatic heterocycles. The molecule has 1 amide bonds. The Bertz CT molecular complexity index is 272. The van der Waals surface area contributed by atoms with Gasteiger partial charge in [-0.2, -0.15) is 24.9 Å². The average molecular weight is 290 g/mol. The third-order valence-corrected chi connectivity index (χ3v) is 2.28. The van der Waals surface area contributed by atoms with E-state index in [9.17, 15) is 18.0 Å². The molecule has 0 spiro atoms. The van der Waals surface area contributed by atoms with E-state index in [0.717, 1.165) is 12.2 Å². The lowest BCUT2D eigenvalue weighted by Gasteiger charge is -2.15. The number of aliphatic carboxylic acids is 1. The van der Waals surface area contributed by atoms with E-state index in [0.29, 0.717) is 0 Å². The average Bonchev–Trinajstić information content (AvgIpc) is 2.24. The fraction of sp³-hybridized carbons (Fsp3) is 0.778. The Morgan fingerprint density at radius 2 is 1.78 bits per heavy atom. The second-order valence-corrected chi connectivity index (χ2v) is 4.41. The van der Waals surface area contributed by atoms with Crippen molar-refractivity contribution in [2.75, 3.05) is 26.1 Å². The first-order valence-corrected chi connectivity index (χ1v) is 6.19. The van der Waals surface area contributed by atoms with E-state index in [4.69, 9.17) is 15.6 Å². The lowest BCUT2D eigenvalue weighted by Crippen LogP contribution is -2.40. The topological polar surface area (TPSA) is 83.6 Å². The molecule has 3 N–H and O–H groups in total. The van der Waals surface area contributed by atoms with Crippen LogP contribution in [0, 0.1) is 0 Å². The summed E-state index contributed by atoms with van der Waals surface area (Å²) in [7, 11) is 3.45.